The molecule has 5 N–H and O–H groups in total. The first kappa shape index (κ1) is 51.6. The average molecular weight is 812 g/mol. The Balaban J connectivity index is 2.44. The van der Waals surface area contributed by atoms with E-state index in [1.54, 1.807) is 12.2 Å². The molecule has 0 spiro atoms. The van der Waals surface area contributed by atoms with Gasteiger partial charge in [-0.05, 0) is 64.2 Å². The first-order valence-corrected chi connectivity index (χ1v) is 22.7. The summed E-state index contributed by atoms with van der Waals surface area (Å²) < 4.78 is 32.7. The highest BCUT2D eigenvalue weighted by Crippen LogP contribution is 2.43. The lowest BCUT2D eigenvalue weighted by molar-refractivity contribution is -0.161. The average Bonchev–Trinajstić information content (AvgIpc) is 3.44. The van der Waals surface area contributed by atoms with Crippen LogP contribution in [-0.4, -0.2) is 77.5 Å². The van der Waals surface area contributed by atoms with E-state index in [0.29, 0.717) is 32.1 Å². The van der Waals surface area contributed by atoms with Gasteiger partial charge in [0.05, 0.1) is 25.4 Å². The van der Waals surface area contributed by atoms with E-state index in [9.17, 15) is 34.1 Å². The maximum Gasteiger partial charge on any atom is 0.472 e. The fraction of sp³-hybridized carbons (Fsp3) is 0.744. The van der Waals surface area contributed by atoms with Crippen LogP contribution in [0.15, 0.2) is 48.6 Å². The van der Waals surface area contributed by atoms with Gasteiger partial charge in [0.15, 0.2) is 6.10 Å². The van der Waals surface area contributed by atoms with E-state index in [4.69, 9.17) is 24.3 Å². The lowest BCUT2D eigenvalue weighted by Crippen LogP contribution is -2.29. The summed E-state index contributed by atoms with van der Waals surface area (Å²) in [6.45, 7) is 3.26. The first-order chi connectivity index (χ1) is 27.0. The number of ketones is 1. The summed E-state index contributed by atoms with van der Waals surface area (Å²) >= 11 is 0. The molecule has 0 aromatic rings. The lowest BCUT2D eigenvalue weighted by Gasteiger charge is -2.19. The van der Waals surface area contributed by atoms with Gasteiger partial charge in [-0.15, -0.1) is 0 Å². The first-order valence-electron chi connectivity index (χ1n) is 21.2. The number of hydrogen-bond acceptors (Lipinski definition) is 11. The number of carbonyl (C=O) groups excluding carboxylic acids is 3. The molecule has 0 aliphatic heterocycles. The third kappa shape index (κ3) is 27.2. The number of phosphoric ester groups is 1. The van der Waals surface area contributed by atoms with Crippen LogP contribution in [0.4, 0.5) is 0 Å². The number of esters is 2. The number of nitrogens with two attached hydrogens (primary N) is 1. The minimum atomic E-state index is -4.45. The van der Waals surface area contributed by atoms with Gasteiger partial charge < -0.3 is 30.3 Å². The molecule has 1 aliphatic carbocycles. The molecule has 0 aromatic heterocycles. The second-order valence-electron chi connectivity index (χ2n) is 14.6. The van der Waals surface area contributed by atoms with Gasteiger partial charge in [-0.1, -0.05) is 114 Å². The summed E-state index contributed by atoms with van der Waals surface area (Å²) in [4.78, 5) is 47.5. The predicted octanol–water partition coefficient (Wildman–Crippen LogP) is 8.53. The lowest BCUT2D eigenvalue weighted by atomic mass is 9.90. The number of carbonyl (C=O) groups is 3. The summed E-state index contributed by atoms with van der Waals surface area (Å²) in [6, 6.07) is 0. The minimum Gasteiger partial charge on any atom is -0.462 e. The smallest absolute Gasteiger partial charge is 0.462 e. The number of aliphatic hydroxyl groups excluding tert-OH is 2. The highest BCUT2D eigenvalue weighted by molar-refractivity contribution is 7.47. The molecule has 0 heterocycles. The number of phosphoric acid groups is 1. The second-order valence-corrected chi connectivity index (χ2v) is 16.1. The van der Waals surface area contributed by atoms with Gasteiger partial charge >= 0.3 is 19.8 Å². The van der Waals surface area contributed by atoms with Crippen molar-refractivity contribution in [2.24, 2.45) is 17.6 Å². The maximum atomic E-state index is 12.6. The quantitative estimate of drug-likeness (QED) is 0.0207. The third-order valence-corrected chi connectivity index (χ3v) is 10.5. The summed E-state index contributed by atoms with van der Waals surface area (Å²) in [7, 11) is -4.45. The maximum absolute atomic E-state index is 12.6. The monoisotopic (exact) mass is 811 g/mol. The van der Waals surface area contributed by atoms with Crippen LogP contribution in [0.3, 0.4) is 0 Å². The number of hydrogen-bond donors (Lipinski definition) is 4. The van der Waals surface area contributed by atoms with Crippen molar-refractivity contribution in [3.63, 3.8) is 0 Å². The van der Waals surface area contributed by atoms with Gasteiger partial charge in [0.25, 0.3) is 0 Å². The van der Waals surface area contributed by atoms with E-state index < -0.39 is 44.7 Å². The molecule has 0 radical (unpaired) electrons. The molecular formula is C43H74NO11P. The minimum absolute atomic E-state index is 0.00501. The fourth-order valence-corrected chi connectivity index (χ4v) is 7.06. The third-order valence-electron chi connectivity index (χ3n) is 9.56. The number of allylic oxidation sites excluding steroid dienone is 6. The highest BCUT2D eigenvalue weighted by atomic mass is 31.2. The number of Topliss-reactive ketones (excluding diaryl/α,β-unsaturated/α-hetero) is 1. The Morgan fingerprint density at radius 3 is 2.16 bits per heavy atom. The van der Waals surface area contributed by atoms with Crippen LogP contribution in [0.1, 0.15) is 149 Å². The van der Waals surface area contributed by atoms with E-state index in [-0.39, 0.29) is 56.6 Å². The molecule has 56 heavy (non-hydrogen) atoms. The molecule has 0 saturated heterocycles. The van der Waals surface area contributed by atoms with Crippen LogP contribution in [-0.2, 0) is 37.5 Å². The van der Waals surface area contributed by atoms with E-state index >= 15 is 0 Å². The van der Waals surface area contributed by atoms with Crippen LogP contribution in [0.5, 0.6) is 0 Å². The molecule has 0 bridgehead atoms. The molecule has 13 heteroatoms. The number of unbranched alkanes of at least 4 members (excludes halogenated alkanes) is 11. The standard InChI is InChI=1S/C43H74NO11P/c1-3-5-7-8-9-10-11-12-13-14-15-16-17-18-24-28-43(49)55-37(35-54-56(50,51)53-32-31-44)34-52-42(48)27-23-20-19-22-26-38-39(41(47)33-40(38)46)30-29-36(45)25-21-6-4-2/h9-10,12-13,19,22,29-30,36-39,41,45,47H,3-8,11,14-18,20-21,23-28,31-35,44H2,1-2H3,(H,50,51)/b10-9-,13-12-,22-19-,30-29+/t36-,37+,38+,39+,41+/m0/s1. The highest BCUT2D eigenvalue weighted by Gasteiger charge is 2.39. The van der Waals surface area contributed by atoms with E-state index in [1.807, 2.05) is 12.2 Å². The van der Waals surface area contributed by atoms with Crippen molar-refractivity contribution in [1.29, 1.82) is 0 Å². The van der Waals surface area contributed by atoms with E-state index in [0.717, 1.165) is 64.2 Å². The zero-order chi connectivity index (χ0) is 41.3. The van der Waals surface area contributed by atoms with Crippen LogP contribution < -0.4 is 5.73 Å². The molecule has 0 amide bonds. The molecule has 0 aromatic carbocycles. The van der Waals surface area contributed by atoms with Crippen molar-refractivity contribution in [2.45, 2.75) is 167 Å². The van der Waals surface area contributed by atoms with Gasteiger partial charge in [-0.2, -0.15) is 0 Å². The van der Waals surface area contributed by atoms with Crippen molar-refractivity contribution in [3.8, 4) is 0 Å². The van der Waals surface area contributed by atoms with Crippen molar-refractivity contribution in [2.75, 3.05) is 26.4 Å². The predicted molar refractivity (Wildman–Crippen MR) is 220 cm³/mol. The summed E-state index contributed by atoms with van der Waals surface area (Å²) in [5.74, 6) is -1.76. The van der Waals surface area contributed by atoms with Gasteiger partial charge in [-0.3, -0.25) is 23.4 Å². The van der Waals surface area contributed by atoms with Crippen molar-refractivity contribution < 1.29 is 52.6 Å². The molecule has 1 aliphatic rings. The number of rotatable bonds is 35. The second kappa shape index (κ2) is 33.5. The molecule has 1 rings (SSSR count). The van der Waals surface area contributed by atoms with Crippen molar-refractivity contribution in [3.05, 3.63) is 48.6 Å². The number of ether oxygens (including phenoxy) is 2. The van der Waals surface area contributed by atoms with Crippen molar-refractivity contribution >= 4 is 25.5 Å². The molecule has 1 fully saturated rings. The van der Waals surface area contributed by atoms with E-state index in [2.05, 4.69) is 38.2 Å². The SMILES string of the molecule is CCCCC/C=C\C/C=C\CCCCCCCC(=O)O[C@H](COC(=O)CCC/C=C\C[C@H]1C(=O)C[C@@H](O)[C@@H]1/C=C/[C@@H](O)CCCCC)COP(=O)(O)OCCN. The van der Waals surface area contributed by atoms with Crippen LogP contribution >= 0.6 is 7.82 Å². The van der Waals surface area contributed by atoms with Crippen LogP contribution in [0.25, 0.3) is 0 Å². The zero-order valence-corrected chi connectivity index (χ0v) is 35.2. The van der Waals surface area contributed by atoms with E-state index in [1.165, 1.54) is 19.3 Å². The van der Waals surface area contributed by atoms with Gasteiger partial charge in [-0.25, -0.2) is 4.57 Å². The Hall–Kier alpha value is -2.44. The normalized spacial score (nSPS) is 19.8. The molecular weight excluding hydrogens is 737 g/mol. The molecule has 1 unspecified atom stereocenters. The largest absolute Gasteiger partial charge is 0.472 e. The number of aliphatic hydroxyl groups is 2. The zero-order valence-electron chi connectivity index (χ0n) is 34.3. The van der Waals surface area contributed by atoms with Gasteiger partial charge in [0.2, 0.25) is 0 Å². The Bertz CT molecular complexity index is 1220. The van der Waals surface area contributed by atoms with Crippen molar-refractivity contribution in [1.82, 2.24) is 0 Å². The Labute approximate surface area is 337 Å². The van der Waals surface area contributed by atoms with Gasteiger partial charge in [0.1, 0.15) is 12.4 Å². The Kier molecular flexibility index (Phi) is 30.9. The van der Waals surface area contributed by atoms with Gasteiger partial charge in [0, 0.05) is 37.6 Å². The molecule has 12 nitrogen and oxygen atoms in total. The molecule has 322 valence electrons. The Morgan fingerprint density at radius 1 is 0.821 bits per heavy atom. The summed E-state index contributed by atoms with van der Waals surface area (Å²) in [5, 5.41) is 20.6. The molecule has 6 atom stereocenters. The molecule has 1 saturated carbocycles. The Morgan fingerprint density at radius 2 is 1.45 bits per heavy atom. The fourth-order valence-electron chi connectivity index (χ4n) is 6.29. The topological polar surface area (TPSA) is 192 Å². The summed E-state index contributed by atoms with van der Waals surface area (Å²) in [5.41, 5.74) is 5.33. The summed E-state index contributed by atoms with van der Waals surface area (Å²) in [6.07, 6.45) is 30.8. The van der Waals surface area contributed by atoms with Crippen LogP contribution in [0.2, 0.25) is 0 Å². The van der Waals surface area contributed by atoms with Crippen LogP contribution in [0, 0.1) is 11.8 Å².